The lowest BCUT2D eigenvalue weighted by Crippen LogP contribution is -2.44. The highest BCUT2D eigenvalue weighted by Gasteiger charge is 2.27. The second-order valence-corrected chi connectivity index (χ2v) is 7.87. The zero-order valence-corrected chi connectivity index (χ0v) is 17.3. The molecule has 0 atom stereocenters. The molecular formula is C21H19ClN6O2. The number of carbonyl (C=O) groups excluding carboxylic acids is 1. The third-order valence-electron chi connectivity index (χ3n) is 5.47. The Bertz CT molecular complexity index is 1370. The van der Waals surface area contributed by atoms with Crippen LogP contribution >= 0.6 is 11.6 Å². The molecule has 9 heteroatoms. The molecule has 152 valence electrons. The molecule has 0 radical (unpaired) electrons. The van der Waals surface area contributed by atoms with Crippen LogP contribution in [-0.4, -0.2) is 40.9 Å². The van der Waals surface area contributed by atoms with E-state index >= 15 is 0 Å². The Morgan fingerprint density at radius 2 is 1.90 bits per heavy atom. The summed E-state index contributed by atoms with van der Waals surface area (Å²) in [6.07, 6.45) is 5.20. The SMILES string of the molecule is Cc1cn(-c2ccc3n(c2=O)CCN(Cc2c(C)nc4ccc(Cl)cn24)C3=O)cn1. The van der Waals surface area contributed by atoms with Gasteiger partial charge in [0.1, 0.15) is 17.0 Å². The normalized spacial score (nSPS) is 13.8. The second kappa shape index (κ2) is 6.84. The number of fused-ring (bicyclic) bond motifs is 2. The van der Waals surface area contributed by atoms with Crippen LogP contribution in [0.3, 0.4) is 0 Å². The van der Waals surface area contributed by atoms with Gasteiger partial charge in [-0.15, -0.1) is 0 Å². The van der Waals surface area contributed by atoms with E-state index in [4.69, 9.17) is 11.6 Å². The number of pyridine rings is 2. The molecule has 0 unspecified atom stereocenters. The van der Waals surface area contributed by atoms with Crippen LogP contribution in [0.1, 0.15) is 27.6 Å². The van der Waals surface area contributed by atoms with E-state index in [2.05, 4.69) is 9.97 Å². The molecule has 0 saturated carbocycles. The quantitative estimate of drug-likeness (QED) is 0.508. The average molecular weight is 423 g/mol. The lowest BCUT2D eigenvalue weighted by molar-refractivity contribution is 0.0683. The standard InChI is InChI=1S/C21H19ClN6O2/c1-13-9-26(12-23-13)16-4-5-17-20(29)25(7-8-27(17)21(16)30)11-18-14(2)24-19-6-3-15(22)10-28(18)19/h3-6,9-10,12H,7-8,11H2,1-2H3. The lowest BCUT2D eigenvalue weighted by atomic mass is 10.2. The van der Waals surface area contributed by atoms with Gasteiger partial charge in [-0.05, 0) is 38.1 Å². The van der Waals surface area contributed by atoms with Crippen LogP contribution < -0.4 is 5.56 Å². The Morgan fingerprint density at radius 1 is 1.07 bits per heavy atom. The molecule has 0 spiro atoms. The smallest absolute Gasteiger partial charge is 0.275 e. The zero-order valence-electron chi connectivity index (χ0n) is 16.5. The topological polar surface area (TPSA) is 77.4 Å². The monoisotopic (exact) mass is 422 g/mol. The summed E-state index contributed by atoms with van der Waals surface area (Å²) in [6, 6.07) is 7.03. The lowest BCUT2D eigenvalue weighted by Gasteiger charge is -2.29. The van der Waals surface area contributed by atoms with Gasteiger partial charge in [-0.3, -0.25) is 9.59 Å². The number of aryl methyl sites for hydroxylation is 2. The number of hydrogen-bond donors (Lipinski definition) is 0. The summed E-state index contributed by atoms with van der Waals surface area (Å²) in [6.45, 7) is 5.04. The van der Waals surface area contributed by atoms with E-state index in [1.807, 2.05) is 24.3 Å². The molecule has 1 aliphatic rings. The maximum atomic E-state index is 13.2. The van der Waals surface area contributed by atoms with Gasteiger partial charge >= 0.3 is 0 Å². The molecule has 8 nitrogen and oxygen atoms in total. The zero-order chi connectivity index (χ0) is 21.0. The van der Waals surface area contributed by atoms with Gasteiger partial charge in [-0.2, -0.15) is 0 Å². The Hall–Kier alpha value is -3.39. The summed E-state index contributed by atoms with van der Waals surface area (Å²) in [5, 5.41) is 0.602. The largest absolute Gasteiger partial charge is 0.330 e. The summed E-state index contributed by atoms with van der Waals surface area (Å²) in [7, 11) is 0. The first-order chi connectivity index (χ1) is 14.4. The number of carbonyl (C=O) groups is 1. The molecule has 0 saturated heterocycles. The molecule has 4 aromatic heterocycles. The third kappa shape index (κ3) is 2.91. The highest BCUT2D eigenvalue weighted by Crippen LogP contribution is 2.20. The number of hydrogen-bond acceptors (Lipinski definition) is 4. The van der Waals surface area contributed by atoms with Gasteiger partial charge in [0.2, 0.25) is 0 Å². The minimum atomic E-state index is -0.198. The first-order valence-electron chi connectivity index (χ1n) is 9.59. The highest BCUT2D eigenvalue weighted by molar-refractivity contribution is 6.30. The van der Waals surface area contributed by atoms with Crippen LogP contribution in [-0.2, 0) is 13.1 Å². The summed E-state index contributed by atoms with van der Waals surface area (Å²) in [5.41, 5.74) is 4.03. The summed E-state index contributed by atoms with van der Waals surface area (Å²) in [4.78, 5) is 36.6. The molecule has 4 aromatic rings. The van der Waals surface area contributed by atoms with Gasteiger partial charge in [0, 0.05) is 25.5 Å². The molecule has 5 rings (SSSR count). The van der Waals surface area contributed by atoms with Crippen molar-refractivity contribution in [2.45, 2.75) is 26.9 Å². The maximum absolute atomic E-state index is 13.2. The van der Waals surface area contributed by atoms with Crippen LogP contribution in [0.25, 0.3) is 11.3 Å². The molecule has 5 heterocycles. The molecule has 0 aromatic carbocycles. The van der Waals surface area contributed by atoms with E-state index in [9.17, 15) is 9.59 Å². The summed E-state index contributed by atoms with van der Waals surface area (Å²) >= 11 is 6.15. The number of halogens is 1. The van der Waals surface area contributed by atoms with E-state index < -0.39 is 0 Å². The van der Waals surface area contributed by atoms with Crippen molar-refractivity contribution in [3.63, 3.8) is 0 Å². The van der Waals surface area contributed by atoms with Gasteiger partial charge in [-0.1, -0.05) is 11.6 Å². The highest BCUT2D eigenvalue weighted by atomic mass is 35.5. The van der Waals surface area contributed by atoms with E-state index in [0.29, 0.717) is 36.0 Å². The van der Waals surface area contributed by atoms with Crippen molar-refractivity contribution in [1.29, 1.82) is 0 Å². The molecule has 0 aliphatic carbocycles. The second-order valence-electron chi connectivity index (χ2n) is 7.43. The molecule has 30 heavy (non-hydrogen) atoms. The first kappa shape index (κ1) is 18.6. The van der Waals surface area contributed by atoms with Gasteiger partial charge < -0.3 is 18.4 Å². The molecule has 0 fully saturated rings. The number of imidazole rings is 2. The predicted octanol–water partition coefficient (Wildman–Crippen LogP) is 2.61. The fourth-order valence-corrected chi connectivity index (χ4v) is 4.08. The van der Waals surface area contributed by atoms with Crippen molar-refractivity contribution in [2.75, 3.05) is 6.54 Å². The van der Waals surface area contributed by atoms with Crippen LogP contribution in [0.4, 0.5) is 0 Å². The van der Waals surface area contributed by atoms with Crippen LogP contribution in [0, 0.1) is 13.8 Å². The molecule has 0 bridgehead atoms. The van der Waals surface area contributed by atoms with E-state index in [1.165, 1.54) is 0 Å². The number of aromatic nitrogens is 5. The molecule has 1 aliphatic heterocycles. The van der Waals surface area contributed by atoms with Crippen molar-refractivity contribution in [2.24, 2.45) is 0 Å². The van der Waals surface area contributed by atoms with Crippen molar-refractivity contribution >= 4 is 23.2 Å². The maximum Gasteiger partial charge on any atom is 0.275 e. The van der Waals surface area contributed by atoms with Crippen molar-refractivity contribution in [3.8, 4) is 5.69 Å². The average Bonchev–Trinajstić information content (AvgIpc) is 3.27. The Labute approximate surface area is 177 Å². The van der Waals surface area contributed by atoms with Gasteiger partial charge in [0.05, 0.1) is 35.0 Å². The Morgan fingerprint density at radius 3 is 2.67 bits per heavy atom. The van der Waals surface area contributed by atoms with Crippen LogP contribution in [0.2, 0.25) is 5.02 Å². The molecule has 1 amide bonds. The first-order valence-corrected chi connectivity index (χ1v) is 9.97. The number of amides is 1. The fraction of sp³-hybridized carbons (Fsp3) is 0.238. The van der Waals surface area contributed by atoms with Crippen LogP contribution in [0.5, 0.6) is 0 Å². The predicted molar refractivity (Wildman–Crippen MR) is 112 cm³/mol. The summed E-state index contributed by atoms with van der Waals surface area (Å²) in [5.74, 6) is -0.178. The Balaban J connectivity index is 1.49. The van der Waals surface area contributed by atoms with Crippen molar-refractivity contribution < 1.29 is 4.79 Å². The molecule has 0 N–H and O–H groups in total. The van der Waals surface area contributed by atoms with Crippen LogP contribution in [0.15, 0.2) is 47.8 Å². The van der Waals surface area contributed by atoms with E-state index in [0.717, 1.165) is 22.7 Å². The van der Waals surface area contributed by atoms with Gasteiger partial charge in [0.25, 0.3) is 11.5 Å². The van der Waals surface area contributed by atoms with Crippen molar-refractivity contribution in [1.82, 2.24) is 28.4 Å². The third-order valence-corrected chi connectivity index (χ3v) is 5.69. The number of nitrogens with zero attached hydrogens (tertiary/aromatic N) is 6. The Kier molecular flexibility index (Phi) is 4.25. The minimum absolute atomic E-state index is 0.178. The summed E-state index contributed by atoms with van der Waals surface area (Å²) < 4.78 is 5.14. The number of rotatable bonds is 3. The van der Waals surface area contributed by atoms with Gasteiger partial charge in [0.15, 0.2) is 0 Å². The van der Waals surface area contributed by atoms with Gasteiger partial charge in [-0.25, -0.2) is 9.97 Å². The van der Waals surface area contributed by atoms with E-state index in [1.54, 1.807) is 51.0 Å². The molecular weight excluding hydrogens is 404 g/mol. The minimum Gasteiger partial charge on any atom is -0.330 e. The van der Waals surface area contributed by atoms with E-state index in [-0.39, 0.29) is 11.5 Å². The fourth-order valence-electron chi connectivity index (χ4n) is 3.92. The van der Waals surface area contributed by atoms with Crippen molar-refractivity contribution in [3.05, 3.63) is 81.1 Å².